The Balaban J connectivity index is 2.60. The van der Waals surface area contributed by atoms with E-state index >= 15 is 0 Å². The van der Waals surface area contributed by atoms with E-state index in [1.165, 1.54) is 17.0 Å². The Hall–Kier alpha value is -1.24. The summed E-state index contributed by atoms with van der Waals surface area (Å²) < 4.78 is 42.0. The highest BCUT2D eigenvalue weighted by molar-refractivity contribution is 9.09. The molecular formula is C17H22BrF3N2O. The van der Waals surface area contributed by atoms with Crippen molar-refractivity contribution in [3.8, 4) is 0 Å². The molecule has 2 N–H and O–H groups in total. The monoisotopic (exact) mass is 406 g/mol. The molecule has 1 heterocycles. The molecule has 0 radical (unpaired) electrons. The van der Waals surface area contributed by atoms with Crippen LogP contribution >= 0.6 is 15.9 Å². The van der Waals surface area contributed by atoms with Crippen molar-refractivity contribution >= 4 is 22.0 Å². The summed E-state index contributed by atoms with van der Waals surface area (Å²) in [5, 5.41) is 0. The standard InChI is InChI=1S/C17H22BrF3N2O/c1-16(2,3)13-11(18)9-23(15(22)24)14(13)12(17(19,20)21)10-7-5-4-6-8-10/h4-8,11-14H,9H2,1-3H3,(H2,22,24). The van der Waals surface area contributed by atoms with E-state index in [0.717, 1.165) is 0 Å². The number of likely N-dealkylation sites (tertiary alicyclic amines) is 1. The number of nitrogens with two attached hydrogens (primary N) is 1. The molecule has 1 aliphatic heterocycles. The van der Waals surface area contributed by atoms with Crippen LogP contribution in [0, 0.1) is 11.3 Å². The van der Waals surface area contributed by atoms with Crippen LogP contribution < -0.4 is 5.73 Å². The molecule has 0 aromatic heterocycles. The number of carbonyl (C=O) groups excluding carboxylic acids is 1. The van der Waals surface area contributed by atoms with Crippen LogP contribution in [0.25, 0.3) is 0 Å². The topological polar surface area (TPSA) is 46.3 Å². The fraction of sp³-hybridized carbons (Fsp3) is 0.588. The molecule has 1 fully saturated rings. The van der Waals surface area contributed by atoms with Crippen LogP contribution in [0.4, 0.5) is 18.0 Å². The van der Waals surface area contributed by atoms with Crippen molar-refractivity contribution in [1.82, 2.24) is 4.90 Å². The lowest BCUT2D eigenvalue weighted by molar-refractivity contribution is -0.166. The first-order chi connectivity index (χ1) is 10.9. The van der Waals surface area contributed by atoms with Gasteiger partial charge in [-0.3, -0.25) is 0 Å². The minimum atomic E-state index is -4.49. The molecule has 3 nitrogen and oxygen atoms in total. The first-order valence-electron chi connectivity index (χ1n) is 7.76. The summed E-state index contributed by atoms with van der Waals surface area (Å²) in [6.07, 6.45) is -4.49. The normalized spacial score (nSPS) is 26.5. The van der Waals surface area contributed by atoms with E-state index in [2.05, 4.69) is 15.9 Å². The number of nitrogens with zero attached hydrogens (tertiary/aromatic N) is 1. The number of rotatable bonds is 2. The number of amides is 2. The van der Waals surface area contributed by atoms with Crippen LogP contribution in [0.3, 0.4) is 0 Å². The third-order valence-corrected chi connectivity index (χ3v) is 5.48. The summed E-state index contributed by atoms with van der Waals surface area (Å²) in [7, 11) is 0. The molecule has 24 heavy (non-hydrogen) atoms. The first kappa shape index (κ1) is 19.1. The molecule has 7 heteroatoms. The molecule has 1 saturated heterocycles. The fourth-order valence-electron chi connectivity index (χ4n) is 3.75. The van der Waals surface area contributed by atoms with Crippen LogP contribution in [0.2, 0.25) is 0 Å². The second-order valence-electron chi connectivity index (χ2n) is 7.32. The van der Waals surface area contributed by atoms with E-state index in [4.69, 9.17) is 5.73 Å². The van der Waals surface area contributed by atoms with Crippen molar-refractivity contribution < 1.29 is 18.0 Å². The zero-order valence-corrected chi connectivity index (χ0v) is 15.4. The average Bonchev–Trinajstić information content (AvgIpc) is 2.76. The van der Waals surface area contributed by atoms with Crippen LogP contribution in [0.1, 0.15) is 32.3 Å². The number of alkyl halides is 4. The van der Waals surface area contributed by atoms with Crippen molar-refractivity contribution in [2.45, 2.75) is 43.7 Å². The Morgan fingerprint density at radius 2 is 1.79 bits per heavy atom. The third kappa shape index (κ3) is 3.71. The highest BCUT2D eigenvalue weighted by Crippen LogP contribution is 2.51. The van der Waals surface area contributed by atoms with Crippen molar-refractivity contribution in [1.29, 1.82) is 0 Å². The Bertz CT molecular complexity index is 586. The summed E-state index contributed by atoms with van der Waals surface area (Å²) in [6, 6.07) is 5.88. The number of hydrogen-bond acceptors (Lipinski definition) is 1. The van der Waals surface area contributed by atoms with Crippen LogP contribution in [0.5, 0.6) is 0 Å². The summed E-state index contributed by atoms with van der Waals surface area (Å²) in [5.41, 5.74) is 5.13. The van der Waals surface area contributed by atoms with Crippen molar-refractivity contribution in [2.75, 3.05) is 6.54 Å². The van der Waals surface area contributed by atoms with Gasteiger partial charge >= 0.3 is 12.2 Å². The minimum absolute atomic E-state index is 0.150. The average molecular weight is 407 g/mol. The number of carbonyl (C=O) groups is 1. The SMILES string of the molecule is CC(C)(C)C1C(Br)CN(C(N)=O)C1C(c1ccccc1)C(F)(F)F. The maximum atomic E-state index is 14.0. The predicted molar refractivity (Wildman–Crippen MR) is 91.0 cm³/mol. The van der Waals surface area contributed by atoms with Gasteiger partial charge in [0.1, 0.15) is 5.92 Å². The number of halogens is 4. The maximum absolute atomic E-state index is 14.0. The fourth-order valence-corrected chi connectivity index (χ4v) is 5.17. The quantitative estimate of drug-likeness (QED) is 0.720. The van der Waals surface area contributed by atoms with E-state index in [1.54, 1.807) is 18.2 Å². The lowest BCUT2D eigenvalue weighted by Gasteiger charge is -2.40. The van der Waals surface area contributed by atoms with Gasteiger partial charge in [0.25, 0.3) is 0 Å². The first-order valence-corrected chi connectivity index (χ1v) is 8.68. The van der Waals surface area contributed by atoms with Gasteiger partial charge in [-0.15, -0.1) is 0 Å². The Morgan fingerprint density at radius 1 is 1.25 bits per heavy atom. The molecule has 1 aromatic rings. The second-order valence-corrected chi connectivity index (χ2v) is 8.50. The second kappa shape index (κ2) is 6.58. The van der Waals surface area contributed by atoms with Gasteiger partial charge in [0.2, 0.25) is 0 Å². The van der Waals surface area contributed by atoms with E-state index in [1.807, 2.05) is 20.8 Å². The molecule has 0 saturated carbocycles. The molecule has 1 aliphatic rings. The number of urea groups is 1. The molecular weight excluding hydrogens is 385 g/mol. The van der Waals surface area contributed by atoms with Gasteiger partial charge in [-0.25, -0.2) is 4.79 Å². The molecule has 4 unspecified atom stereocenters. The summed E-state index contributed by atoms with van der Waals surface area (Å²) in [4.78, 5) is 12.8. The maximum Gasteiger partial charge on any atom is 0.397 e. The molecule has 134 valence electrons. The lowest BCUT2D eigenvalue weighted by Crippen LogP contribution is -2.50. The molecule has 2 rings (SSSR count). The molecule has 4 atom stereocenters. The van der Waals surface area contributed by atoms with Gasteiger partial charge in [-0.2, -0.15) is 13.2 Å². The predicted octanol–water partition coefficient (Wildman–Crippen LogP) is 4.52. The minimum Gasteiger partial charge on any atom is -0.351 e. The van der Waals surface area contributed by atoms with Gasteiger partial charge in [-0.05, 0) is 16.9 Å². The molecule has 0 bridgehead atoms. The van der Waals surface area contributed by atoms with Crippen molar-refractivity contribution in [3.63, 3.8) is 0 Å². The van der Waals surface area contributed by atoms with Crippen LogP contribution in [0.15, 0.2) is 30.3 Å². The Kier molecular flexibility index (Phi) is 5.23. The zero-order chi connectivity index (χ0) is 18.3. The Morgan fingerprint density at radius 3 is 2.21 bits per heavy atom. The molecule has 2 amide bonds. The van der Waals surface area contributed by atoms with Crippen molar-refractivity contribution in [2.24, 2.45) is 17.1 Å². The highest BCUT2D eigenvalue weighted by Gasteiger charge is 2.58. The molecule has 0 aliphatic carbocycles. The number of benzene rings is 1. The van der Waals surface area contributed by atoms with Crippen LogP contribution in [-0.2, 0) is 0 Å². The largest absolute Gasteiger partial charge is 0.397 e. The highest BCUT2D eigenvalue weighted by atomic mass is 79.9. The smallest absolute Gasteiger partial charge is 0.351 e. The van der Waals surface area contributed by atoms with Crippen molar-refractivity contribution in [3.05, 3.63) is 35.9 Å². The zero-order valence-electron chi connectivity index (χ0n) is 13.8. The van der Waals surface area contributed by atoms with Gasteiger partial charge in [-0.1, -0.05) is 67.0 Å². The van der Waals surface area contributed by atoms with Gasteiger partial charge in [0.15, 0.2) is 0 Å². The molecule has 0 spiro atoms. The van der Waals surface area contributed by atoms with E-state index in [9.17, 15) is 18.0 Å². The van der Waals surface area contributed by atoms with Gasteiger partial charge in [0, 0.05) is 11.4 Å². The summed E-state index contributed by atoms with van der Waals surface area (Å²) >= 11 is 3.48. The molecule has 1 aromatic carbocycles. The van der Waals surface area contributed by atoms with Gasteiger partial charge < -0.3 is 10.6 Å². The lowest BCUT2D eigenvalue weighted by atomic mass is 9.71. The van der Waals surface area contributed by atoms with E-state index in [0.29, 0.717) is 0 Å². The summed E-state index contributed by atoms with van der Waals surface area (Å²) in [5.74, 6) is -2.17. The third-order valence-electron chi connectivity index (χ3n) is 4.62. The van der Waals surface area contributed by atoms with Gasteiger partial charge in [0.05, 0.1) is 6.04 Å². The number of primary amides is 1. The summed E-state index contributed by atoms with van der Waals surface area (Å²) in [6.45, 7) is 5.84. The van der Waals surface area contributed by atoms with E-state index in [-0.39, 0.29) is 16.9 Å². The Labute approximate surface area is 148 Å². The van der Waals surface area contributed by atoms with E-state index < -0.39 is 35.5 Å². The number of hydrogen-bond donors (Lipinski definition) is 1. The van der Waals surface area contributed by atoms with Crippen LogP contribution in [-0.4, -0.2) is 34.5 Å².